The first-order chi connectivity index (χ1) is 10.1. The number of aromatic nitrogens is 1. The van der Waals surface area contributed by atoms with E-state index in [0.717, 1.165) is 29.7 Å². The number of aryl methyl sites for hydroxylation is 1. The molecule has 3 rings (SSSR count). The zero-order valence-electron chi connectivity index (χ0n) is 13.2. The summed E-state index contributed by atoms with van der Waals surface area (Å²) in [5, 5.41) is 0.835. The van der Waals surface area contributed by atoms with E-state index in [0.29, 0.717) is 12.0 Å². The largest absolute Gasteiger partial charge is 0.344 e. The van der Waals surface area contributed by atoms with Gasteiger partial charge in [-0.3, -0.25) is 4.79 Å². The van der Waals surface area contributed by atoms with Crippen LogP contribution in [0.2, 0.25) is 0 Å². The van der Waals surface area contributed by atoms with Gasteiger partial charge in [-0.1, -0.05) is 12.1 Å². The molecule has 21 heavy (non-hydrogen) atoms. The Balaban J connectivity index is 1.93. The number of hydrogen-bond acceptors (Lipinski definition) is 2. The minimum Gasteiger partial charge on any atom is -0.344 e. The molecule has 0 radical (unpaired) electrons. The number of rotatable bonds is 3. The summed E-state index contributed by atoms with van der Waals surface area (Å²) < 4.78 is 2.32. The fourth-order valence-corrected chi connectivity index (χ4v) is 3.43. The van der Waals surface area contributed by atoms with Crippen LogP contribution in [0.1, 0.15) is 26.0 Å². The highest BCUT2D eigenvalue weighted by Gasteiger charge is 2.24. The van der Waals surface area contributed by atoms with Crippen molar-refractivity contribution in [3.05, 3.63) is 46.2 Å². The van der Waals surface area contributed by atoms with E-state index in [1.54, 1.807) is 6.07 Å². The fraction of sp³-hybridized carbons (Fsp3) is 0.500. The molecule has 1 aromatic carbocycles. The van der Waals surface area contributed by atoms with E-state index in [1.807, 2.05) is 25.1 Å². The van der Waals surface area contributed by atoms with Crippen LogP contribution in [-0.4, -0.2) is 28.6 Å². The maximum absolute atomic E-state index is 12.1. The van der Waals surface area contributed by atoms with Crippen LogP contribution in [0.4, 0.5) is 0 Å². The summed E-state index contributed by atoms with van der Waals surface area (Å²) in [5.74, 6) is 0.678. The molecule has 0 saturated carbocycles. The molecule has 1 aliphatic rings. The first kappa shape index (κ1) is 14.3. The van der Waals surface area contributed by atoms with E-state index < -0.39 is 0 Å². The third kappa shape index (κ3) is 2.75. The highest BCUT2D eigenvalue weighted by atomic mass is 16.1. The number of benzene rings is 1. The number of nitrogens with zero attached hydrogens (tertiary/aromatic N) is 2. The zero-order valence-corrected chi connectivity index (χ0v) is 13.2. The van der Waals surface area contributed by atoms with Crippen LogP contribution in [-0.2, 0) is 6.54 Å². The van der Waals surface area contributed by atoms with Gasteiger partial charge in [0.05, 0.1) is 5.52 Å². The van der Waals surface area contributed by atoms with Crippen molar-refractivity contribution in [2.45, 2.75) is 39.8 Å². The molecule has 1 fully saturated rings. The van der Waals surface area contributed by atoms with Gasteiger partial charge in [-0.25, -0.2) is 0 Å². The van der Waals surface area contributed by atoms with Gasteiger partial charge in [0.25, 0.3) is 0 Å². The molecule has 0 N–H and O–H groups in total. The highest BCUT2D eigenvalue weighted by molar-refractivity contribution is 5.79. The van der Waals surface area contributed by atoms with Crippen molar-refractivity contribution < 1.29 is 0 Å². The molecule has 0 aliphatic carbocycles. The minimum absolute atomic E-state index is 0.134. The standard InChI is InChI=1S/C18H24N2O/c1-13(2)19-9-8-15(11-19)12-20-14(3)10-18(21)16-6-4-5-7-17(16)20/h4-7,10,13,15H,8-9,11-12H2,1-3H3/t15-/m0/s1. The predicted octanol–water partition coefficient (Wildman–Crippen LogP) is 3.04. The van der Waals surface area contributed by atoms with E-state index in [4.69, 9.17) is 0 Å². The second-order valence-corrected chi connectivity index (χ2v) is 6.52. The molecule has 1 aromatic heterocycles. The highest BCUT2D eigenvalue weighted by Crippen LogP contribution is 2.22. The maximum atomic E-state index is 12.1. The Bertz CT molecular complexity index is 702. The van der Waals surface area contributed by atoms with Gasteiger partial charge >= 0.3 is 0 Å². The molecule has 1 aliphatic heterocycles. The smallest absolute Gasteiger partial charge is 0.189 e. The normalized spacial score (nSPS) is 19.7. The molecule has 3 nitrogen and oxygen atoms in total. The third-order valence-electron chi connectivity index (χ3n) is 4.71. The second-order valence-electron chi connectivity index (χ2n) is 6.52. The van der Waals surface area contributed by atoms with E-state index in [9.17, 15) is 4.79 Å². The SMILES string of the molecule is Cc1cc(=O)c2ccccc2n1C[C@H]1CCN(C(C)C)C1. The topological polar surface area (TPSA) is 25.2 Å². The Morgan fingerprint density at radius 1 is 1.29 bits per heavy atom. The summed E-state index contributed by atoms with van der Waals surface area (Å²) in [6, 6.07) is 10.4. The Morgan fingerprint density at radius 2 is 2.05 bits per heavy atom. The van der Waals surface area contributed by atoms with E-state index in [-0.39, 0.29) is 5.43 Å². The van der Waals surface area contributed by atoms with Gasteiger partial charge < -0.3 is 9.47 Å². The van der Waals surface area contributed by atoms with Crippen LogP contribution in [0.25, 0.3) is 10.9 Å². The lowest BCUT2D eigenvalue weighted by atomic mass is 10.1. The average molecular weight is 284 g/mol. The fourth-order valence-electron chi connectivity index (χ4n) is 3.43. The number of para-hydroxylation sites is 1. The molecule has 0 spiro atoms. The number of likely N-dealkylation sites (tertiary alicyclic amines) is 1. The molecule has 112 valence electrons. The molecule has 2 heterocycles. The average Bonchev–Trinajstić information content (AvgIpc) is 2.92. The maximum Gasteiger partial charge on any atom is 0.189 e. The first-order valence-electron chi connectivity index (χ1n) is 7.89. The molecule has 3 heteroatoms. The van der Waals surface area contributed by atoms with E-state index in [2.05, 4.69) is 29.4 Å². The van der Waals surface area contributed by atoms with Gasteiger partial charge in [0.2, 0.25) is 0 Å². The summed E-state index contributed by atoms with van der Waals surface area (Å²) in [4.78, 5) is 14.7. The van der Waals surface area contributed by atoms with Gasteiger partial charge in [-0.2, -0.15) is 0 Å². The minimum atomic E-state index is 0.134. The molecule has 1 atom stereocenters. The van der Waals surface area contributed by atoms with Gasteiger partial charge in [-0.15, -0.1) is 0 Å². The van der Waals surface area contributed by atoms with Crippen LogP contribution >= 0.6 is 0 Å². The Morgan fingerprint density at radius 3 is 2.76 bits per heavy atom. The monoisotopic (exact) mass is 284 g/mol. The molecule has 2 aromatic rings. The number of pyridine rings is 1. The summed E-state index contributed by atoms with van der Waals surface area (Å²) in [6.07, 6.45) is 1.25. The first-order valence-corrected chi connectivity index (χ1v) is 7.89. The quantitative estimate of drug-likeness (QED) is 0.865. The molecule has 1 saturated heterocycles. The van der Waals surface area contributed by atoms with Crippen LogP contribution in [0.15, 0.2) is 35.1 Å². The van der Waals surface area contributed by atoms with Crippen molar-refractivity contribution in [2.75, 3.05) is 13.1 Å². The van der Waals surface area contributed by atoms with Crippen molar-refractivity contribution in [3.63, 3.8) is 0 Å². The lowest BCUT2D eigenvalue weighted by molar-refractivity contribution is 0.261. The van der Waals surface area contributed by atoms with Crippen LogP contribution in [0.3, 0.4) is 0 Å². The van der Waals surface area contributed by atoms with Crippen molar-refractivity contribution in [1.82, 2.24) is 9.47 Å². The summed E-state index contributed by atoms with van der Waals surface area (Å²) in [7, 11) is 0. The van der Waals surface area contributed by atoms with Gasteiger partial charge in [0, 0.05) is 36.3 Å². The van der Waals surface area contributed by atoms with Crippen molar-refractivity contribution >= 4 is 10.9 Å². The lowest BCUT2D eigenvalue weighted by Crippen LogP contribution is -2.29. The summed E-state index contributed by atoms with van der Waals surface area (Å²) in [6.45, 7) is 9.95. The predicted molar refractivity (Wildman–Crippen MR) is 87.8 cm³/mol. The van der Waals surface area contributed by atoms with Crippen molar-refractivity contribution in [3.8, 4) is 0 Å². The second kappa shape index (κ2) is 5.64. The number of hydrogen-bond donors (Lipinski definition) is 0. The Labute approximate surface area is 126 Å². The molecular formula is C18H24N2O. The van der Waals surface area contributed by atoms with Crippen LogP contribution in [0.5, 0.6) is 0 Å². The van der Waals surface area contributed by atoms with Crippen molar-refractivity contribution in [2.24, 2.45) is 5.92 Å². The Hall–Kier alpha value is -1.61. The van der Waals surface area contributed by atoms with Gasteiger partial charge in [0.1, 0.15) is 0 Å². The zero-order chi connectivity index (χ0) is 15.0. The van der Waals surface area contributed by atoms with Gasteiger partial charge in [-0.05, 0) is 51.8 Å². The third-order valence-corrected chi connectivity index (χ3v) is 4.71. The lowest BCUT2D eigenvalue weighted by Gasteiger charge is -2.22. The summed E-state index contributed by atoms with van der Waals surface area (Å²) >= 11 is 0. The van der Waals surface area contributed by atoms with Crippen LogP contribution in [0, 0.1) is 12.8 Å². The molecule has 0 bridgehead atoms. The van der Waals surface area contributed by atoms with E-state index >= 15 is 0 Å². The summed E-state index contributed by atoms with van der Waals surface area (Å²) in [5.41, 5.74) is 2.28. The van der Waals surface area contributed by atoms with Crippen molar-refractivity contribution in [1.29, 1.82) is 0 Å². The molecule has 0 unspecified atom stereocenters. The number of fused-ring (bicyclic) bond motifs is 1. The van der Waals surface area contributed by atoms with Gasteiger partial charge in [0.15, 0.2) is 5.43 Å². The van der Waals surface area contributed by atoms with E-state index in [1.165, 1.54) is 13.0 Å². The van der Waals surface area contributed by atoms with Crippen LogP contribution < -0.4 is 5.43 Å². The Kier molecular flexibility index (Phi) is 3.85. The molecule has 0 amide bonds. The molecular weight excluding hydrogens is 260 g/mol.